The standard InChI is InChI=1S/C19H31NO3/c1-5-14(2)18-8-6-7-9-19(18)22-13-17(21)12-20-10-15(3)23-16(4)11-20/h6-9,14-17,21H,5,10-13H2,1-4H3/t14-,15+,16+,17+/m0/s1. The molecule has 0 spiro atoms. The number of nitrogens with zero attached hydrogens (tertiary/aromatic N) is 1. The summed E-state index contributed by atoms with van der Waals surface area (Å²) in [4.78, 5) is 2.26. The van der Waals surface area contributed by atoms with Crippen molar-refractivity contribution in [2.45, 2.75) is 58.3 Å². The zero-order valence-electron chi connectivity index (χ0n) is 14.9. The minimum Gasteiger partial charge on any atom is -0.491 e. The SMILES string of the molecule is CC[C@H](C)c1ccccc1OC[C@H](O)CN1C[C@@H](C)O[C@H](C)C1. The maximum Gasteiger partial charge on any atom is 0.122 e. The molecule has 0 radical (unpaired) electrons. The van der Waals surface area contributed by atoms with Crippen molar-refractivity contribution < 1.29 is 14.6 Å². The van der Waals surface area contributed by atoms with Gasteiger partial charge in [-0.1, -0.05) is 32.0 Å². The van der Waals surface area contributed by atoms with E-state index in [0.29, 0.717) is 19.1 Å². The van der Waals surface area contributed by atoms with Gasteiger partial charge in [0, 0.05) is 19.6 Å². The van der Waals surface area contributed by atoms with Crippen molar-refractivity contribution in [3.05, 3.63) is 29.8 Å². The van der Waals surface area contributed by atoms with E-state index in [2.05, 4.69) is 38.7 Å². The molecule has 23 heavy (non-hydrogen) atoms. The zero-order valence-corrected chi connectivity index (χ0v) is 14.9. The molecule has 0 unspecified atom stereocenters. The van der Waals surface area contributed by atoms with Crippen LogP contribution in [0.15, 0.2) is 24.3 Å². The van der Waals surface area contributed by atoms with Gasteiger partial charge in [-0.15, -0.1) is 0 Å². The van der Waals surface area contributed by atoms with E-state index >= 15 is 0 Å². The number of hydrogen-bond donors (Lipinski definition) is 1. The van der Waals surface area contributed by atoms with Gasteiger partial charge in [0.2, 0.25) is 0 Å². The minimum atomic E-state index is -0.488. The summed E-state index contributed by atoms with van der Waals surface area (Å²) in [5, 5.41) is 10.3. The molecule has 1 saturated heterocycles. The third-order valence-electron chi connectivity index (χ3n) is 4.46. The monoisotopic (exact) mass is 321 g/mol. The van der Waals surface area contributed by atoms with Gasteiger partial charge in [0.15, 0.2) is 0 Å². The summed E-state index contributed by atoms with van der Waals surface area (Å²) in [7, 11) is 0. The van der Waals surface area contributed by atoms with Crippen molar-refractivity contribution in [3.8, 4) is 5.75 Å². The van der Waals surface area contributed by atoms with Crippen molar-refractivity contribution in [1.82, 2.24) is 4.90 Å². The van der Waals surface area contributed by atoms with Crippen LogP contribution in [0.3, 0.4) is 0 Å². The van der Waals surface area contributed by atoms with Gasteiger partial charge in [-0.25, -0.2) is 0 Å². The lowest BCUT2D eigenvalue weighted by molar-refractivity contribution is -0.0787. The Morgan fingerprint density at radius 3 is 2.57 bits per heavy atom. The van der Waals surface area contributed by atoms with Crippen molar-refractivity contribution >= 4 is 0 Å². The molecule has 1 fully saturated rings. The van der Waals surface area contributed by atoms with Crippen LogP contribution in [0, 0.1) is 0 Å². The van der Waals surface area contributed by atoms with Crippen molar-refractivity contribution in [1.29, 1.82) is 0 Å². The third kappa shape index (κ3) is 5.48. The molecule has 1 heterocycles. The fourth-order valence-electron chi connectivity index (χ4n) is 3.21. The maximum absolute atomic E-state index is 10.3. The van der Waals surface area contributed by atoms with Crippen LogP contribution in [-0.2, 0) is 4.74 Å². The highest BCUT2D eigenvalue weighted by atomic mass is 16.5. The number of aliphatic hydroxyl groups excluding tert-OH is 1. The Bertz CT molecular complexity index is 469. The van der Waals surface area contributed by atoms with Crippen molar-refractivity contribution in [3.63, 3.8) is 0 Å². The molecule has 1 aliphatic rings. The Morgan fingerprint density at radius 1 is 1.26 bits per heavy atom. The van der Waals surface area contributed by atoms with E-state index in [1.165, 1.54) is 5.56 Å². The fraction of sp³-hybridized carbons (Fsp3) is 0.684. The first kappa shape index (κ1) is 18.2. The largest absolute Gasteiger partial charge is 0.491 e. The first-order valence-corrected chi connectivity index (χ1v) is 8.77. The molecule has 0 aliphatic carbocycles. The van der Waals surface area contributed by atoms with Gasteiger partial charge in [-0.05, 0) is 37.8 Å². The second-order valence-corrected chi connectivity index (χ2v) is 6.79. The predicted molar refractivity (Wildman–Crippen MR) is 93.1 cm³/mol. The molecule has 0 aromatic heterocycles. The normalized spacial score (nSPS) is 25.1. The van der Waals surface area contributed by atoms with Gasteiger partial charge in [-0.2, -0.15) is 0 Å². The summed E-state index contributed by atoms with van der Waals surface area (Å²) >= 11 is 0. The smallest absolute Gasteiger partial charge is 0.122 e. The van der Waals surface area contributed by atoms with E-state index < -0.39 is 6.10 Å². The molecule has 0 saturated carbocycles. The van der Waals surface area contributed by atoms with Gasteiger partial charge in [0.25, 0.3) is 0 Å². The first-order chi connectivity index (χ1) is 11.0. The number of ether oxygens (including phenoxy) is 2. The average molecular weight is 321 g/mol. The molecule has 4 heteroatoms. The summed E-state index contributed by atoms with van der Waals surface area (Å²) in [5.74, 6) is 1.36. The number of para-hydroxylation sites is 1. The van der Waals surface area contributed by atoms with Gasteiger partial charge in [-0.3, -0.25) is 4.90 Å². The summed E-state index contributed by atoms with van der Waals surface area (Å²) in [6.45, 7) is 11.2. The number of aliphatic hydroxyl groups is 1. The van der Waals surface area contributed by atoms with Gasteiger partial charge in [0.1, 0.15) is 18.5 Å². The average Bonchev–Trinajstić information content (AvgIpc) is 2.51. The number of rotatable bonds is 7. The molecular weight excluding hydrogens is 290 g/mol. The van der Waals surface area contributed by atoms with Crippen LogP contribution < -0.4 is 4.74 Å². The van der Waals surface area contributed by atoms with Crippen LogP contribution >= 0.6 is 0 Å². The van der Waals surface area contributed by atoms with E-state index in [9.17, 15) is 5.11 Å². The van der Waals surface area contributed by atoms with Crippen LogP contribution in [0.5, 0.6) is 5.75 Å². The Hall–Kier alpha value is -1.10. The van der Waals surface area contributed by atoms with E-state index in [1.807, 2.05) is 18.2 Å². The summed E-state index contributed by atoms with van der Waals surface area (Å²) in [6, 6.07) is 8.13. The second-order valence-electron chi connectivity index (χ2n) is 6.79. The second kappa shape index (κ2) is 8.67. The third-order valence-corrected chi connectivity index (χ3v) is 4.46. The topological polar surface area (TPSA) is 41.9 Å². The molecule has 1 aromatic rings. The van der Waals surface area contributed by atoms with E-state index in [1.54, 1.807) is 0 Å². The highest BCUT2D eigenvalue weighted by Gasteiger charge is 2.24. The molecule has 4 atom stereocenters. The first-order valence-electron chi connectivity index (χ1n) is 8.77. The van der Waals surface area contributed by atoms with Gasteiger partial charge < -0.3 is 14.6 Å². The molecule has 1 N–H and O–H groups in total. The Morgan fingerprint density at radius 2 is 1.91 bits per heavy atom. The van der Waals surface area contributed by atoms with Gasteiger partial charge >= 0.3 is 0 Å². The molecule has 1 aromatic carbocycles. The van der Waals surface area contributed by atoms with Gasteiger partial charge in [0.05, 0.1) is 12.2 Å². The molecular formula is C19H31NO3. The number of morpholine rings is 1. The molecule has 4 nitrogen and oxygen atoms in total. The number of hydrogen-bond acceptors (Lipinski definition) is 4. The van der Waals surface area contributed by atoms with E-state index in [-0.39, 0.29) is 12.2 Å². The zero-order chi connectivity index (χ0) is 16.8. The maximum atomic E-state index is 10.3. The van der Waals surface area contributed by atoms with Crippen LogP contribution in [0.2, 0.25) is 0 Å². The lowest BCUT2D eigenvalue weighted by Crippen LogP contribution is -2.48. The minimum absolute atomic E-state index is 0.220. The Kier molecular flexibility index (Phi) is 6.88. The fourth-order valence-corrected chi connectivity index (χ4v) is 3.21. The summed E-state index contributed by atoms with van der Waals surface area (Å²) in [5.41, 5.74) is 1.22. The van der Waals surface area contributed by atoms with Crippen LogP contribution in [-0.4, -0.2) is 54.6 Å². The highest BCUT2D eigenvalue weighted by Crippen LogP contribution is 2.28. The Balaban J connectivity index is 1.86. The lowest BCUT2D eigenvalue weighted by Gasteiger charge is -2.36. The Labute approximate surface area is 140 Å². The number of β-amino-alcohol motifs (C(OH)–C–C–N with tert-alkyl or cyclic N) is 1. The van der Waals surface area contributed by atoms with Crippen LogP contribution in [0.4, 0.5) is 0 Å². The number of benzene rings is 1. The van der Waals surface area contributed by atoms with Crippen molar-refractivity contribution in [2.75, 3.05) is 26.2 Å². The molecule has 130 valence electrons. The molecule has 2 rings (SSSR count). The summed E-state index contributed by atoms with van der Waals surface area (Å²) in [6.07, 6.45) is 1.03. The van der Waals surface area contributed by atoms with E-state index in [4.69, 9.17) is 9.47 Å². The van der Waals surface area contributed by atoms with Crippen molar-refractivity contribution in [2.24, 2.45) is 0 Å². The predicted octanol–water partition coefficient (Wildman–Crippen LogP) is 3.05. The van der Waals surface area contributed by atoms with Crippen LogP contribution in [0.25, 0.3) is 0 Å². The molecule has 0 bridgehead atoms. The van der Waals surface area contributed by atoms with Crippen LogP contribution in [0.1, 0.15) is 45.6 Å². The van der Waals surface area contributed by atoms with E-state index in [0.717, 1.165) is 25.3 Å². The lowest BCUT2D eigenvalue weighted by atomic mass is 9.98. The highest BCUT2D eigenvalue weighted by molar-refractivity contribution is 5.35. The molecule has 0 amide bonds. The quantitative estimate of drug-likeness (QED) is 0.838. The summed E-state index contributed by atoms with van der Waals surface area (Å²) < 4.78 is 11.6. The molecule has 1 aliphatic heterocycles.